The molecule has 0 aliphatic rings. The van der Waals surface area contributed by atoms with Crippen molar-refractivity contribution in [3.8, 4) is 29.0 Å². The van der Waals surface area contributed by atoms with Crippen molar-refractivity contribution in [3.63, 3.8) is 0 Å². The van der Waals surface area contributed by atoms with Crippen LogP contribution in [-0.2, 0) is 6.61 Å². The average Bonchev–Trinajstić information content (AvgIpc) is 2.66. The van der Waals surface area contributed by atoms with Gasteiger partial charge in [0.15, 0.2) is 0 Å². The van der Waals surface area contributed by atoms with E-state index >= 15 is 0 Å². The van der Waals surface area contributed by atoms with Crippen molar-refractivity contribution in [3.05, 3.63) is 80.6 Å². The first-order valence-corrected chi connectivity index (χ1v) is 8.25. The highest BCUT2D eigenvalue weighted by molar-refractivity contribution is 6.30. The smallest absolute Gasteiger partial charge is 0.268 e. The highest BCUT2D eigenvalue weighted by atomic mass is 35.5. The van der Waals surface area contributed by atoms with Crippen molar-refractivity contribution in [2.45, 2.75) is 6.61 Å². The Balaban J connectivity index is 2.11. The molecule has 0 aliphatic carbocycles. The normalized spacial score (nSPS) is 10.0. The van der Waals surface area contributed by atoms with E-state index in [2.05, 4.69) is 4.98 Å². The van der Waals surface area contributed by atoms with Gasteiger partial charge in [0.25, 0.3) is 5.56 Å². The first-order chi connectivity index (χ1) is 13.0. The molecule has 3 aromatic rings. The number of nitriles is 2. The van der Waals surface area contributed by atoms with Gasteiger partial charge in [0.2, 0.25) is 0 Å². The van der Waals surface area contributed by atoms with Crippen LogP contribution in [0.5, 0.6) is 5.75 Å². The number of nitrogen functional groups attached to an aromatic ring is 1. The molecule has 0 bridgehead atoms. The van der Waals surface area contributed by atoms with E-state index in [0.717, 1.165) is 5.56 Å². The van der Waals surface area contributed by atoms with Crippen LogP contribution < -0.4 is 16.0 Å². The molecule has 132 valence electrons. The summed E-state index contributed by atoms with van der Waals surface area (Å²) in [5.74, 6) is 0.316. The fourth-order valence-electron chi connectivity index (χ4n) is 2.70. The van der Waals surface area contributed by atoms with E-state index in [-0.39, 0.29) is 29.1 Å². The molecule has 0 spiro atoms. The second-order valence-corrected chi connectivity index (χ2v) is 6.07. The van der Waals surface area contributed by atoms with Gasteiger partial charge in [-0.1, -0.05) is 41.9 Å². The molecule has 3 N–H and O–H groups in total. The van der Waals surface area contributed by atoms with Gasteiger partial charge < -0.3 is 15.5 Å². The summed E-state index contributed by atoms with van der Waals surface area (Å²) >= 11 is 5.99. The second-order valence-electron chi connectivity index (χ2n) is 5.63. The Bertz CT molecular complexity index is 1160. The monoisotopic (exact) mass is 376 g/mol. The minimum Gasteiger partial charge on any atom is -0.488 e. The van der Waals surface area contributed by atoms with Gasteiger partial charge in [-0.05, 0) is 23.8 Å². The third-order valence-electron chi connectivity index (χ3n) is 3.91. The Kier molecular flexibility index (Phi) is 5.12. The lowest BCUT2D eigenvalue weighted by Gasteiger charge is -2.14. The highest BCUT2D eigenvalue weighted by Gasteiger charge is 2.20. The minimum absolute atomic E-state index is 0.0185. The SMILES string of the molecule is N#Cc1c(N)[nH]c(=O)c(C#N)c1-c1ccccc1OCc1cccc(Cl)c1. The predicted octanol–water partition coefficient (Wildman–Crippen LogP) is 3.60. The molecule has 3 rings (SSSR count). The van der Waals surface area contributed by atoms with Gasteiger partial charge in [-0.3, -0.25) is 4.79 Å². The summed E-state index contributed by atoms with van der Waals surface area (Å²) in [7, 11) is 0. The molecule has 1 heterocycles. The number of benzene rings is 2. The first-order valence-electron chi connectivity index (χ1n) is 7.87. The number of nitrogens with one attached hydrogen (secondary N) is 1. The van der Waals surface area contributed by atoms with E-state index in [1.54, 1.807) is 36.4 Å². The van der Waals surface area contributed by atoms with Gasteiger partial charge >= 0.3 is 0 Å². The summed E-state index contributed by atoms with van der Waals surface area (Å²) in [5, 5.41) is 19.5. The number of para-hydroxylation sites is 1. The molecule has 0 fully saturated rings. The zero-order valence-electron chi connectivity index (χ0n) is 14.0. The lowest BCUT2D eigenvalue weighted by atomic mass is 9.96. The van der Waals surface area contributed by atoms with Crippen LogP contribution in [0.25, 0.3) is 11.1 Å². The van der Waals surface area contributed by atoms with Crippen LogP contribution in [-0.4, -0.2) is 4.98 Å². The molecule has 0 aliphatic heterocycles. The molecule has 0 saturated heterocycles. The molecule has 2 aromatic carbocycles. The number of pyridine rings is 1. The van der Waals surface area contributed by atoms with Crippen LogP contribution in [0.15, 0.2) is 53.3 Å². The van der Waals surface area contributed by atoms with E-state index in [1.807, 2.05) is 24.3 Å². The third kappa shape index (κ3) is 3.62. The maximum Gasteiger partial charge on any atom is 0.268 e. The maximum atomic E-state index is 12.1. The Morgan fingerprint density at radius 3 is 2.52 bits per heavy atom. The van der Waals surface area contributed by atoms with Crippen LogP contribution in [0.4, 0.5) is 5.82 Å². The van der Waals surface area contributed by atoms with Gasteiger partial charge in [0.05, 0.1) is 0 Å². The Hall–Kier alpha value is -3.74. The molecule has 6 nitrogen and oxygen atoms in total. The lowest BCUT2D eigenvalue weighted by molar-refractivity contribution is 0.307. The molecule has 0 saturated carbocycles. The zero-order valence-corrected chi connectivity index (χ0v) is 14.7. The molecule has 1 aromatic heterocycles. The first kappa shape index (κ1) is 18.1. The number of anilines is 1. The number of aromatic nitrogens is 1. The predicted molar refractivity (Wildman–Crippen MR) is 102 cm³/mol. The topological polar surface area (TPSA) is 116 Å². The number of halogens is 1. The summed E-state index contributed by atoms with van der Waals surface area (Å²) in [5.41, 5.74) is 6.39. The number of aromatic amines is 1. The highest BCUT2D eigenvalue weighted by Crippen LogP contribution is 2.35. The number of nitrogens with two attached hydrogens (primary N) is 1. The maximum absolute atomic E-state index is 12.1. The van der Waals surface area contributed by atoms with Gasteiger partial charge in [-0.2, -0.15) is 10.5 Å². The second kappa shape index (κ2) is 7.65. The van der Waals surface area contributed by atoms with Crippen molar-refractivity contribution in [1.29, 1.82) is 10.5 Å². The summed E-state index contributed by atoms with van der Waals surface area (Å²) in [6, 6.07) is 17.9. The number of ether oxygens (including phenoxy) is 1. The van der Waals surface area contributed by atoms with Crippen LogP contribution in [0.2, 0.25) is 5.02 Å². The molecule has 0 radical (unpaired) electrons. The molecule has 0 unspecified atom stereocenters. The standard InChI is InChI=1S/C20H13ClN4O2/c21-13-5-3-4-12(8-13)11-27-17-7-2-1-6-14(17)18-15(9-22)19(24)25-20(26)16(18)10-23/h1-8H,11H2,(H3,24,25,26). The van der Waals surface area contributed by atoms with Crippen LogP contribution in [0.3, 0.4) is 0 Å². The molecule has 0 atom stereocenters. The quantitative estimate of drug-likeness (QED) is 0.721. The number of nitrogens with zero attached hydrogens (tertiary/aromatic N) is 2. The summed E-state index contributed by atoms with van der Waals surface area (Å²) < 4.78 is 5.88. The van der Waals surface area contributed by atoms with E-state index < -0.39 is 5.56 Å². The fraction of sp³-hybridized carbons (Fsp3) is 0.0500. The number of rotatable bonds is 4. The van der Waals surface area contributed by atoms with Crippen molar-refractivity contribution in [2.24, 2.45) is 0 Å². The van der Waals surface area contributed by atoms with Crippen molar-refractivity contribution < 1.29 is 4.74 Å². The molecule has 27 heavy (non-hydrogen) atoms. The number of hydrogen-bond acceptors (Lipinski definition) is 5. The number of H-pyrrole nitrogens is 1. The van der Waals surface area contributed by atoms with Gasteiger partial charge in [-0.25, -0.2) is 0 Å². The molecular weight excluding hydrogens is 364 g/mol. The van der Waals surface area contributed by atoms with E-state index in [4.69, 9.17) is 22.1 Å². The van der Waals surface area contributed by atoms with Gasteiger partial charge in [-0.15, -0.1) is 0 Å². The number of hydrogen-bond donors (Lipinski definition) is 2. The summed E-state index contributed by atoms with van der Waals surface area (Å²) in [6.07, 6.45) is 0. The molecule has 7 heteroatoms. The van der Waals surface area contributed by atoms with Crippen LogP contribution >= 0.6 is 11.6 Å². The van der Waals surface area contributed by atoms with Gasteiger partial charge in [0, 0.05) is 16.1 Å². The molecular formula is C20H13ClN4O2. The van der Waals surface area contributed by atoms with Gasteiger partial charge in [0.1, 0.15) is 41.4 Å². The minimum atomic E-state index is -0.659. The lowest BCUT2D eigenvalue weighted by Crippen LogP contribution is -2.16. The Labute approximate surface area is 160 Å². The molecule has 0 amide bonds. The van der Waals surface area contributed by atoms with Crippen molar-refractivity contribution in [1.82, 2.24) is 4.98 Å². The Morgan fingerprint density at radius 1 is 1.07 bits per heavy atom. The van der Waals surface area contributed by atoms with Crippen molar-refractivity contribution >= 4 is 17.4 Å². The van der Waals surface area contributed by atoms with E-state index in [9.17, 15) is 15.3 Å². The third-order valence-corrected chi connectivity index (χ3v) is 4.14. The fourth-order valence-corrected chi connectivity index (χ4v) is 2.91. The van der Waals surface area contributed by atoms with Crippen LogP contribution in [0.1, 0.15) is 16.7 Å². The largest absolute Gasteiger partial charge is 0.488 e. The van der Waals surface area contributed by atoms with Crippen LogP contribution in [0, 0.1) is 22.7 Å². The summed E-state index contributed by atoms with van der Waals surface area (Å²) in [4.78, 5) is 14.5. The zero-order chi connectivity index (χ0) is 19.4. The average molecular weight is 377 g/mol. The van der Waals surface area contributed by atoms with Crippen molar-refractivity contribution in [2.75, 3.05) is 5.73 Å². The Morgan fingerprint density at radius 2 is 1.81 bits per heavy atom. The van der Waals surface area contributed by atoms with E-state index in [1.165, 1.54) is 0 Å². The summed E-state index contributed by atoms with van der Waals surface area (Å²) in [6.45, 7) is 0.222. The van der Waals surface area contributed by atoms with E-state index in [0.29, 0.717) is 16.3 Å².